The third-order valence-corrected chi connectivity index (χ3v) is 6.22. The highest BCUT2D eigenvalue weighted by Crippen LogP contribution is 2.33. The van der Waals surface area contributed by atoms with Crippen molar-refractivity contribution >= 4 is 5.78 Å². The zero-order valence-electron chi connectivity index (χ0n) is 14.6. The van der Waals surface area contributed by atoms with Gasteiger partial charge < -0.3 is 9.64 Å². The number of hydrogen-bond donors (Lipinski definition) is 0. The molecule has 1 atom stereocenters. The number of ketones is 1. The number of benzene rings is 1. The van der Waals surface area contributed by atoms with E-state index in [1.54, 1.807) is 0 Å². The number of rotatable bonds is 4. The molecule has 0 aromatic heterocycles. The maximum atomic E-state index is 11.4. The predicted octanol–water partition coefficient (Wildman–Crippen LogP) is 4.31. The SMILES string of the molecule is O=C1CCC(c2ccc(OC3CCN(C4CCCC4)CC3)cc2)C1. The van der Waals surface area contributed by atoms with E-state index in [0.29, 0.717) is 17.8 Å². The molecule has 0 bridgehead atoms. The highest BCUT2D eigenvalue weighted by molar-refractivity contribution is 5.81. The molecule has 3 heteroatoms. The highest BCUT2D eigenvalue weighted by atomic mass is 16.5. The average Bonchev–Trinajstić information content (AvgIpc) is 3.28. The molecular formula is C21H29NO2. The highest BCUT2D eigenvalue weighted by Gasteiger charge is 2.28. The molecule has 3 fully saturated rings. The lowest BCUT2D eigenvalue weighted by Crippen LogP contribution is -2.43. The first kappa shape index (κ1) is 16.1. The maximum absolute atomic E-state index is 11.4. The second-order valence-electron chi connectivity index (χ2n) is 7.84. The first-order valence-corrected chi connectivity index (χ1v) is 9.80. The van der Waals surface area contributed by atoms with Crippen LogP contribution in [0.3, 0.4) is 0 Å². The van der Waals surface area contributed by atoms with Gasteiger partial charge in [-0.2, -0.15) is 0 Å². The summed E-state index contributed by atoms with van der Waals surface area (Å²) >= 11 is 0. The van der Waals surface area contributed by atoms with Crippen molar-refractivity contribution in [2.45, 2.75) is 75.9 Å². The fourth-order valence-corrected chi connectivity index (χ4v) is 4.74. The summed E-state index contributed by atoms with van der Waals surface area (Å²) in [5.74, 6) is 1.83. The number of carbonyl (C=O) groups is 1. The molecule has 4 rings (SSSR count). The summed E-state index contributed by atoms with van der Waals surface area (Å²) in [6.45, 7) is 2.38. The van der Waals surface area contributed by atoms with Gasteiger partial charge in [-0.3, -0.25) is 4.79 Å². The van der Waals surface area contributed by atoms with Crippen LogP contribution in [-0.4, -0.2) is 35.9 Å². The van der Waals surface area contributed by atoms with Crippen LogP contribution in [0.5, 0.6) is 5.75 Å². The van der Waals surface area contributed by atoms with Gasteiger partial charge in [0.2, 0.25) is 0 Å². The van der Waals surface area contributed by atoms with E-state index < -0.39 is 0 Å². The van der Waals surface area contributed by atoms with Crippen LogP contribution in [0.25, 0.3) is 0 Å². The average molecular weight is 327 g/mol. The molecule has 0 radical (unpaired) electrons. The topological polar surface area (TPSA) is 29.5 Å². The van der Waals surface area contributed by atoms with E-state index in [1.165, 1.54) is 44.3 Å². The Morgan fingerprint density at radius 3 is 2.25 bits per heavy atom. The van der Waals surface area contributed by atoms with Gasteiger partial charge in [0.25, 0.3) is 0 Å². The lowest BCUT2D eigenvalue weighted by Gasteiger charge is -2.36. The third kappa shape index (κ3) is 3.66. The number of likely N-dealkylation sites (tertiary alicyclic amines) is 1. The Bertz CT molecular complexity index is 554. The lowest BCUT2D eigenvalue weighted by molar-refractivity contribution is -0.117. The van der Waals surface area contributed by atoms with Gasteiger partial charge in [-0.05, 0) is 55.7 Å². The van der Waals surface area contributed by atoms with E-state index in [4.69, 9.17) is 4.74 Å². The van der Waals surface area contributed by atoms with Crippen molar-refractivity contribution in [1.82, 2.24) is 4.90 Å². The first-order valence-electron chi connectivity index (χ1n) is 9.80. The van der Waals surface area contributed by atoms with Crippen molar-refractivity contribution < 1.29 is 9.53 Å². The molecule has 3 aliphatic rings. The minimum absolute atomic E-state index is 0.363. The van der Waals surface area contributed by atoms with E-state index >= 15 is 0 Å². The van der Waals surface area contributed by atoms with Crippen LogP contribution >= 0.6 is 0 Å². The predicted molar refractivity (Wildman–Crippen MR) is 95.5 cm³/mol. The molecule has 3 nitrogen and oxygen atoms in total. The molecule has 0 N–H and O–H groups in total. The van der Waals surface area contributed by atoms with Gasteiger partial charge in [-0.25, -0.2) is 0 Å². The molecule has 1 aromatic carbocycles. The van der Waals surface area contributed by atoms with Gasteiger partial charge in [0.15, 0.2) is 0 Å². The quantitative estimate of drug-likeness (QED) is 0.825. The van der Waals surface area contributed by atoms with E-state index in [0.717, 1.165) is 43.9 Å². The number of nitrogens with zero attached hydrogens (tertiary/aromatic N) is 1. The molecular weight excluding hydrogens is 298 g/mol. The minimum Gasteiger partial charge on any atom is -0.490 e. The van der Waals surface area contributed by atoms with E-state index in [-0.39, 0.29) is 0 Å². The largest absolute Gasteiger partial charge is 0.490 e. The number of Topliss-reactive ketones (excluding diaryl/α,β-unsaturated/α-hetero) is 1. The molecule has 0 spiro atoms. The maximum Gasteiger partial charge on any atom is 0.133 e. The first-order chi connectivity index (χ1) is 11.8. The molecule has 0 amide bonds. The van der Waals surface area contributed by atoms with Crippen LogP contribution < -0.4 is 4.74 Å². The summed E-state index contributed by atoms with van der Waals surface area (Å²) in [6.07, 6.45) is 10.8. The van der Waals surface area contributed by atoms with Crippen molar-refractivity contribution in [3.8, 4) is 5.75 Å². The van der Waals surface area contributed by atoms with Crippen LogP contribution in [0, 0.1) is 0 Å². The summed E-state index contributed by atoms with van der Waals surface area (Å²) < 4.78 is 6.21. The molecule has 24 heavy (non-hydrogen) atoms. The van der Waals surface area contributed by atoms with Gasteiger partial charge in [0.05, 0.1) is 0 Å². The smallest absolute Gasteiger partial charge is 0.133 e. The van der Waals surface area contributed by atoms with Crippen molar-refractivity contribution in [3.05, 3.63) is 29.8 Å². The fourth-order valence-electron chi connectivity index (χ4n) is 4.74. The molecule has 1 heterocycles. The summed E-state index contributed by atoms with van der Waals surface area (Å²) in [5.41, 5.74) is 1.30. The molecule has 2 saturated carbocycles. The Kier molecular flexibility index (Phi) is 4.88. The number of hydrogen-bond acceptors (Lipinski definition) is 3. The summed E-state index contributed by atoms with van der Waals surface area (Å²) in [5, 5.41) is 0. The standard InChI is InChI=1S/C21H29NO2/c23-19-8-5-17(15-19)16-6-9-20(10-7-16)24-21-11-13-22(14-12-21)18-3-1-2-4-18/h6-7,9-10,17-18,21H,1-5,8,11-15H2. The Morgan fingerprint density at radius 2 is 1.62 bits per heavy atom. The van der Waals surface area contributed by atoms with E-state index in [9.17, 15) is 4.79 Å². The van der Waals surface area contributed by atoms with Gasteiger partial charge in [-0.1, -0.05) is 25.0 Å². The van der Waals surface area contributed by atoms with Crippen LogP contribution in [0.2, 0.25) is 0 Å². The van der Waals surface area contributed by atoms with Crippen molar-refractivity contribution in [1.29, 1.82) is 0 Å². The molecule has 1 aromatic rings. The lowest BCUT2D eigenvalue weighted by atomic mass is 9.98. The van der Waals surface area contributed by atoms with Crippen LogP contribution in [0.4, 0.5) is 0 Å². The Hall–Kier alpha value is -1.35. The van der Waals surface area contributed by atoms with Crippen LogP contribution in [-0.2, 0) is 4.79 Å². The summed E-state index contributed by atoms with van der Waals surface area (Å²) in [4.78, 5) is 14.1. The fraction of sp³-hybridized carbons (Fsp3) is 0.667. The zero-order valence-corrected chi connectivity index (χ0v) is 14.6. The monoisotopic (exact) mass is 327 g/mol. The Balaban J connectivity index is 1.27. The van der Waals surface area contributed by atoms with Gasteiger partial charge in [0, 0.05) is 32.0 Å². The van der Waals surface area contributed by atoms with Crippen molar-refractivity contribution in [3.63, 3.8) is 0 Å². The molecule has 2 aliphatic carbocycles. The molecule has 1 saturated heterocycles. The number of ether oxygens (including phenoxy) is 1. The Labute approximate surface area is 145 Å². The van der Waals surface area contributed by atoms with E-state index in [2.05, 4.69) is 29.2 Å². The number of carbonyl (C=O) groups excluding carboxylic acids is 1. The van der Waals surface area contributed by atoms with Crippen molar-refractivity contribution in [2.24, 2.45) is 0 Å². The summed E-state index contributed by atoms with van der Waals surface area (Å²) in [6, 6.07) is 9.36. The molecule has 130 valence electrons. The molecule has 1 aliphatic heterocycles. The van der Waals surface area contributed by atoms with Crippen molar-refractivity contribution in [2.75, 3.05) is 13.1 Å². The van der Waals surface area contributed by atoms with Crippen LogP contribution in [0.1, 0.15) is 69.3 Å². The van der Waals surface area contributed by atoms with Gasteiger partial charge in [0.1, 0.15) is 17.6 Å². The molecule has 1 unspecified atom stereocenters. The van der Waals surface area contributed by atoms with Gasteiger partial charge in [-0.15, -0.1) is 0 Å². The second kappa shape index (κ2) is 7.26. The second-order valence-corrected chi connectivity index (χ2v) is 7.84. The minimum atomic E-state index is 0.363. The zero-order chi connectivity index (χ0) is 16.4. The van der Waals surface area contributed by atoms with E-state index in [1.807, 2.05) is 0 Å². The third-order valence-electron chi connectivity index (χ3n) is 6.22. The van der Waals surface area contributed by atoms with Gasteiger partial charge >= 0.3 is 0 Å². The Morgan fingerprint density at radius 1 is 0.917 bits per heavy atom. The van der Waals surface area contributed by atoms with Crippen LogP contribution in [0.15, 0.2) is 24.3 Å². The summed E-state index contributed by atoms with van der Waals surface area (Å²) in [7, 11) is 0. The number of piperidine rings is 1. The normalized spacial score (nSPS) is 27.0.